The maximum absolute atomic E-state index is 11.8. The van der Waals surface area contributed by atoms with E-state index in [0.717, 1.165) is 19.3 Å². The van der Waals surface area contributed by atoms with Gasteiger partial charge in [0.2, 0.25) is 10.0 Å². The number of alkyl halides is 1. The van der Waals surface area contributed by atoms with Crippen molar-refractivity contribution in [1.29, 1.82) is 0 Å². The van der Waals surface area contributed by atoms with Crippen molar-refractivity contribution in [1.82, 2.24) is 4.31 Å². The predicted molar refractivity (Wildman–Crippen MR) is 72.6 cm³/mol. The van der Waals surface area contributed by atoms with Gasteiger partial charge in [-0.15, -0.1) is 11.6 Å². The molecule has 0 N–H and O–H groups in total. The molecule has 1 saturated carbocycles. The lowest BCUT2D eigenvalue weighted by molar-refractivity contribution is 0.0630. The van der Waals surface area contributed by atoms with Gasteiger partial charge in [0.05, 0.1) is 0 Å². The second-order valence-corrected chi connectivity index (χ2v) is 9.42. The van der Waals surface area contributed by atoms with Gasteiger partial charge in [0, 0.05) is 13.1 Å². The van der Waals surface area contributed by atoms with Crippen LogP contribution >= 0.6 is 11.6 Å². The van der Waals surface area contributed by atoms with Crippen molar-refractivity contribution in [3.05, 3.63) is 0 Å². The van der Waals surface area contributed by atoms with Crippen LogP contribution in [-0.2, 0) is 10.0 Å². The molecule has 1 aliphatic carbocycles. The van der Waals surface area contributed by atoms with Crippen LogP contribution in [0.4, 0.5) is 0 Å². The van der Waals surface area contributed by atoms with Crippen molar-refractivity contribution in [3.8, 4) is 0 Å². The smallest absolute Gasteiger partial charge is 0.211 e. The van der Waals surface area contributed by atoms with E-state index in [1.54, 1.807) is 7.05 Å². The van der Waals surface area contributed by atoms with Crippen molar-refractivity contribution < 1.29 is 8.42 Å². The Hall–Kier alpha value is 0.200. The fourth-order valence-corrected chi connectivity index (χ4v) is 4.57. The third-order valence-corrected chi connectivity index (χ3v) is 5.90. The Bertz CT molecular complexity index is 360. The standard InChI is InChI=1S/C12H24ClNO2S/c1-11(2)6-10(7-12(3,4)8-11)14(5)17(15,16)9-13/h10H,6-9H2,1-5H3. The van der Waals surface area contributed by atoms with Crippen LogP contribution in [0.5, 0.6) is 0 Å². The molecule has 0 aliphatic heterocycles. The molecule has 1 fully saturated rings. The number of rotatable bonds is 3. The van der Waals surface area contributed by atoms with Crippen molar-refractivity contribution in [3.63, 3.8) is 0 Å². The Kier molecular flexibility index (Phi) is 4.22. The van der Waals surface area contributed by atoms with E-state index in [0.29, 0.717) is 0 Å². The van der Waals surface area contributed by atoms with Crippen LogP contribution in [0.2, 0.25) is 0 Å². The summed E-state index contributed by atoms with van der Waals surface area (Å²) in [5.41, 5.74) is 0.366. The van der Waals surface area contributed by atoms with Gasteiger partial charge in [0.25, 0.3) is 0 Å². The fraction of sp³-hybridized carbons (Fsp3) is 1.00. The summed E-state index contributed by atoms with van der Waals surface area (Å²) in [6.07, 6.45) is 2.94. The van der Waals surface area contributed by atoms with E-state index in [1.165, 1.54) is 4.31 Å². The molecule has 0 spiro atoms. The Morgan fingerprint density at radius 3 is 1.94 bits per heavy atom. The first-order chi connectivity index (χ1) is 7.49. The summed E-state index contributed by atoms with van der Waals surface area (Å²) in [5.74, 6) is 0. The van der Waals surface area contributed by atoms with Crippen LogP contribution in [-0.4, -0.2) is 31.0 Å². The molecular weight excluding hydrogens is 258 g/mol. The lowest BCUT2D eigenvalue weighted by Gasteiger charge is -2.47. The number of sulfonamides is 1. The van der Waals surface area contributed by atoms with Gasteiger partial charge in [0.15, 0.2) is 0 Å². The summed E-state index contributed by atoms with van der Waals surface area (Å²) in [6, 6.07) is 0.0671. The molecule has 0 atom stereocenters. The molecule has 102 valence electrons. The highest BCUT2D eigenvalue weighted by atomic mass is 35.5. The number of nitrogens with zero attached hydrogens (tertiary/aromatic N) is 1. The molecule has 5 heteroatoms. The van der Waals surface area contributed by atoms with Crippen LogP contribution in [0.25, 0.3) is 0 Å². The summed E-state index contributed by atoms with van der Waals surface area (Å²) < 4.78 is 25.1. The molecule has 1 rings (SSSR count). The van der Waals surface area contributed by atoms with Crippen LogP contribution in [0.3, 0.4) is 0 Å². The van der Waals surface area contributed by atoms with E-state index in [-0.39, 0.29) is 22.1 Å². The molecule has 0 aromatic heterocycles. The Labute approximate surface area is 111 Å². The number of hydrogen-bond donors (Lipinski definition) is 0. The zero-order chi connectivity index (χ0) is 13.5. The number of hydrogen-bond acceptors (Lipinski definition) is 2. The molecule has 0 radical (unpaired) electrons. The SMILES string of the molecule is CN(C1CC(C)(C)CC(C)(C)C1)S(=O)(=O)CCl. The molecule has 3 nitrogen and oxygen atoms in total. The molecule has 1 aliphatic rings. The van der Waals surface area contributed by atoms with E-state index in [4.69, 9.17) is 11.6 Å². The normalized spacial score (nSPS) is 25.1. The summed E-state index contributed by atoms with van der Waals surface area (Å²) in [6.45, 7) is 8.84. The summed E-state index contributed by atoms with van der Waals surface area (Å²) in [5, 5.41) is -0.332. The molecule has 0 heterocycles. The van der Waals surface area contributed by atoms with Gasteiger partial charge in [-0.3, -0.25) is 0 Å². The maximum Gasteiger partial charge on any atom is 0.228 e. The van der Waals surface area contributed by atoms with E-state index >= 15 is 0 Å². The van der Waals surface area contributed by atoms with Gasteiger partial charge in [-0.2, -0.15) is 0 Å². The topological polar surface area (TPSA) is 37.4 Å². The first-order valence-corrected chi connectivity index (χ1v) is 8.15. The third kappa shape index (κ3) is 3.83. The molecule has 0 unspecified atom stereocenters. The summed E-state index contributed by atoms with van der Waals surface area (Å²) in [7, 11) is -1.65. The van der Waals surface area contributed by atoms with Crippen molar-refractivity contribution in [2.75, 3.05) is 12.3 Å². The lowest BCUT2D eigenvalue weighted by Crippen LogP contribution is -2.47. The molecule has 0 amide bonds. The highest BCUT2D eigenvalue weighted by molar-refractivity contribution is 7.90. The van der Waals surface area contributed by atoms with Gasteiger partial charge >= 0.3 is 0 Å². The van der Waals surface area contributed by atoms with Gasteiger partial charge in [-0.25, -0.2) is 12.7 Å². The minimum Gasteiger partial charge on any atom is -0.211 e. The van der Waals surface area contributed by atoms with E-state index in [1.807, 2.05) is 0 Å². The van der Waals surface area contributed by atoms with Crippen LogP contribution < -0.4 is 0 Å². The van der Waals surface area contributed by atoms with Gasteiger partial charge in [-0.1, -0.05) is 27.7 Å². The van der Waals surface area contributed by atoms with Gasteiger partial charge in [0.1, 0.15) is 5.21 Å². The zero-order valence-electron chi connectivity index (χ0n) is 11.5. The first-order valence-electron chi connectivity index (χ1n) is 6.01. The van der Waals surface area contributed by atoms with Crippen molar-refractivity contribution >= 4 is 21.6 Å². The Morgan fingerprint density at radius 1 is 1.18 bits per heavy atom. The second kappa shape index (κ2) is 4.71. The predicted octanol–water partition coefficient (Wildman–Crippen LogP) is 3.05. The van der Waals surface area contributed by atoms with Crippen molar-refractivity contribution in [2.24, 2.45) is 10.8 Å². The summed E-state index contributed by atoms with van der Waals surface area (Å²) >= 11 is 5.52. The molecule has 0 aromatic carbocycles. The fourth-order valence-electron chi connectivity index (χ4n) is 3.35. The van der Waals surface area contributed by atoms with E-state index in [2.05, 4.69) is 27.7 Å². The monoisotopic (exact) mass is 281 g/mol. The van der Waals surface area contributed by atoms with Crippen LogP contribution in [0.15, 0.2) is 0 Å². The lowest BCUT2D eigenvalue weighted by atomic mass is 9.63. The highest BCUT2D eigenvalue weighted by Gasteiger charge is 2.41. The largest absolute Gasteiger partial charge is 0.228 e. The van der Waals surface area contributed by atoms with Gasteiger partial charge in [-0.05, 0) is 30.1 Å². The second-order valence-electron chi connectivity index (χ2n) is 6.80. The van der Waals surface area contributed by atoms with E-state index < -0.39 is 10.0 Å². The average Bonchev–Trinajstić information content (AvgIpc) is 2.11. The zero-order valence-corrected chi connectivity index (χ0v) is 13.0. The quantitative estimate of drug-likeness (QED) is 0.746. The van der Waals surface area contributed by atoms with Gasteiger partial charge < -0.3 is 0 Å². The minimum atomic E-state index is -3.30. The molecule has 0 aromatic rings. The molecule has 0 bridgehead atoms. The minimum absolute atomic E-state index is 0.0671. The Morgan fingerprint density at radius 2 is 1.59 bits per heavy atom. The molecule has 17 heavy (non-hydrogen) atoms. The van der Waals surface area contributed by atoms with E-state index in [9.17, 15) is 8.42 Å². The highest BCUT2D eigenvalue weighted by Crippen LogP contribution is 2.47. The summed E-state index contributed by atoms with van der Waals surface area (Å²) in [4.78, 5) is 0. The van der Waals surface area contributed by atoms with Crippen LogP contribution in [0.1, 0.15) is 47.0 Å². The molecule has 0 saturated heterocycles. The molecular formula is C12H24ClNO2S. The number of halogens is 1. The third-order valence-electron chi connectivity index (χ3n) is 3.62. The maximum atomic E-state index is 11.8. The van der Waals surface area contributed by atoms with Crippen LogP contribution in [0, 0.1) is 10.8 Å². The Balaban J connectivity index is 2.92. The average molecular weight is 282 g/mol. The van der Waals surface area contributed by atoms with Crippen molar-refractivity contribution in [2.45, 2.75) is 53.0 Å². The first kappa shape index (κ1) is 15.3.